The van der Waals surface area contributed by atoms with E-state index in [1.165, 1.54) is 0 Å². The first-order valence-electron chi connectivity index (χ1n) is 3.23. The van der Waals surface area contributed by atoms with Gasteiger partial charge in [-0.3, -0.25) is 4.99 Å². The van der Waals surface area contributed by atoms with E-state index in [0.29, 0.717) is 5.41 Å². The normalized spacial score (nSPS) is 46.8. The van der Waals surface area contributed by atoms with Crippen LogP contribution < -0.4 is 0 Å². The molecule has 1 saturated carbocycles. The van der Waals surface area contributed by atoms with Gasteiger partial charge in [0.05, 0.1) is 0 Å². The van der Waals surface area contributed by atoms with Crippen LogP contribution in [0.4, 0.5) is 0 Å². The highest BCUT2D eigenvalue weighted by atomic mass is 14.9. The van der Waals surface area contributed by atoms with Gasteiger partial charge >= 0.3 is 0 Å². The second-order valence-corrected chi connectivity index (χ2v) is 3.47. The maximum absolute atomic E-state index is 4.18. The average Bonchev–Trinajstić information content (AvgIpc) is 2.22. The van der Waals surface area contributed by atoms with Crippen molar-refractivity contribution in [3.05, 3.63) is 0 Å². The number of nitrogens with zero attached hydrogens (tertiary/aromatic N) is 1. The van der Waals surface area contributed by atoms with Gasteiger partial charge in [-0.1, -0.05) is 13.8 Å². The fourth-order valence-corrected chi connectivity index (χ4v) is 1.72. The van der Waals surface area contributed by atoms with E-state index in [9.17, 15) is 0 Å². The zero-order valence-corrected chi connectivity index (χ0v) is 5.39. The summed E-state index contributed by atoms with van der Waals surface area (Å²) in [5.41, 5.74) is 0.613. The van der Waals surface area contributed by atoms with Crippen molar-refractivity contribution >= 4 is 6.21 Å². The van der Waals surface area contributed by atoms with Crippen LogP contribution in [0.25, 0.3) is 0 Å². The molecule has 1 aliphatic heterocycles. The molecule has 2 atom stereocenters. The molecule has 8 heavy (non-hydrogen) atoms. The Hall–Kier alpha value is -0.330. The topological polar surface area (TPSA) is 12.4 Å². The second kappa shape index (κ2) is 0.996. The highest BCUT2D eigenvalue weighted by molar-refractivity contribution is 5.70. The molecule has 0 radical (unpaired) electrons. The van der Waals surface area contributed by atoms with Crippen LogP contribution in [0.5, 0.6) is 0 Å². The van der Waals surface area contributed by atoms with Crippen molar-refractivity contribution in [1.29, 1.82) is 0 Å². The molecular weight excluding hydrogens is 98.1 g/mol. The Kier molecular flexibility index (Phi) is 0.565. The lowest BCUT2D eigenvalue weighted by Gasteiger charge is -2.00. The quantitative estimate of drug-likeness (QED) is 0.445. The molecule has 1 nitrogen and oxygen atoms in total. The Bertz CT molecular complexity index is 146. The van der Waals surface area contributed by atoms with Crippen molar-refractivity contribution in [3.8, 4) is 0 Å². The van der Waals surface area contributed by atoms with Gasteiger partial charge in [-0.05, 0) is 11.3 Å². The molecule has 1 fully saturated rings. The van der Waals surface area contributed by atoms with E-state index in [-0.39, 0.29) is 0 Å². The predicted molar refractivity (Wildman–Crippen MR) is 34.1 cm³/mol. The standard InChI is InChI=1S/C7H11N/c1-7(2)5-3-8-4-6(5)7/h3,5-6H,4H2,1-2H3/t5-,6+/m1/s1. The molecule has 1 heterocycles. The number of fused-ring (bicyclic) bond motifs is 1. The minimum absolute atomic E-state index is 0.613. The van der Waals surface area contributed by atoms with E-state index in [1.807, 2.05) is 0 Å². The molecule has 44 valence electrons. The van der Waals surface area contributed by atoms with Gasteiger partial charge in [0.1, 0.15) is 0 Å². The van der Waals surface area contributed by atoms with Crippen LogP contribution in [0.15, 0.2) is 4.99 Å². The van der Waals surface area contributed by atoms with Gasteiger partial charge in [0.15, 0.2) is 0 Å². The van der Waals surface area contributed by atoms with Crippen LogP contribution in [0, 0.1) is 17.3 Å². The molecule has 0 aromatic rings. The van der Waals surface area contributed by atoms with Crippen molar-refractivity contribution in [3.63, 3.8) is 0 Å². The summed E-state index contributed by atoms with van der Waals surface area (Å²) in [6.45, 7) is 5.75. The lowest BCUT2D eigenvalue weighted by molar-refractivity contribution is 0.552. The van der Waals surface area contributed by atoms with Crippen LogP contribution >= 0.6 is 0 Å². The fraction of sp³-hybridized carbons (Fsp3) is 0.857. The lowest BCUT2D eigenvalue weighted by atomic mass is 10.1. The number of aliphatic imine (C=N–C) groups is 1. The van der Waals surface area contributed by atoms with E-state index < -0.39 is 0 Å². The van der Waals surface area contributed by atoms with Crippen molar-refractivity contribution in [2.24, 2.45) is 22.2 Å². The highest BCUT2D eigenvalue weighted by Crippen LogP contribution is 2.59. The predicted octanol–water partition coefficient (Wildman–Crippen LogP) is 1.34. The highest BCUT2D eigenvalue weighted by Gasteiger charge is 2.58. The van der Waals surface area contributed by atoms with Crippen LogP contribution in [0.1, 0.15) is 13.8 Å². The van der Waals surface area contributed by atoms with Gasteiger partial charge in [0.2, 0.25) is 0 Å². The fourth-order valence-electron chi connectivity index (χ4n) is 1.72. The number of hydrogen-bond acceptors (Lipinski definition) is 1. The molecule has 0 spiro atoms. The third kappa shape index (κ3) is 0.320. The molecule has 1 heteroatoms. The van der Waals surface area contributed by atoms with Crippen molar-refractivity contribution in [1.82, 2.24) is 0 Å². The van der Waals surface area contributed by atoms with E-state index in [4.69, 9.17) is 0 Å². The number of rotatable bonds is 0. The Balaban J connectivity index is 2.24. The summed E-state index contributed by atoms with van der Waals surface area (Å²) >= 11 is 0. The van der Waals surface area contributed by atoms with E-state index >= 15 is 0 Å². The Labute approximate surface area is 49.8 Å². The van der Waals surface area contributed by atoms with Crippen LogP contribution in [0.2, 0.25) is 0 Å². The van der Waals surface area contributed by atoms with Gasteiger partial charge in [-0.25, -0.2) is 0 Å². The molecule has 0 saturated heterocycles. The smallest absolute Gasteiger partial charge is 0.0425 e. The van der Waals surface area contributed by atoms with Crippen molar-refractivity contribution in [2.75, 3.05) is 6.54 Å². The summed E-state index contributed by atoms with van der Waals surface area (Å²) in [5.74, 6) is 1.74. The molecule has 0 aromatic carbocycles. The first kappa shape index (κ1) is 4.54. The summed E-state index contributed by atoms with van der Waals surface area (Å²) in [5, 5.41) is 0. The summed E-state index contributed by atoms with van der Waals surface area (Å²) in [6.07, 6.45) is 2.13. The van der Waals surface area contributed by atoms with Gasteiger partial charge in [-0.2, -0.15) is 0 Å². The van der Waals surface area contributed by atoms with Crippen LogP contribution in [0.3, 0.4) is 0 Å². The zero-order valence-electron chi connectivity index (χ0n) is 5.39. The minimum Gasteiger partial charge on any atom is -0.297 e. The molecule has 0 bridgehead atoms. The molecule has 0 unspecified atom stereocenters. The van der Waals surface area contributed by atoms with Crippen molar-refractivity contribution in [2.45, 2.75) is 13.8 Å². The van der Waals surface area contributed by atoms with Gasteiger partial charge in [-0.15, -0.1) is 0 Å². The summed E-state index contributed by atoms with van der Waals surface area (Å²) in [7, 11) is 0. The molecule has 0 N–H and O–H groups in total. The second-order valence-electron chi connectivity index (χ2n) is 3.47. The first-order valence-corrected chi connectivity index (χ1v) is 3.23. The average molecular weight is 109 g/mol. The molecule has 0 amide bonds. The largest absolute Gasteiger partial charge is 0.297 e. The Morgan fingerprint density at radius 1 is 1.62 bits per heavy atom. The maximum atomic E-state index is 4.18. The summed E-state index contributed by atoms with van der Waals surface area (Å²) in [6, 6.07) is 0. The molecule has 1 aliphatic carbocycles. The third-order valence-corrected chi connectivity index (χ3v) is 2.71. The van der Waals surface area contributed by atoms with Gasteiger partial charge in [0.25, 0.3) is 0 Å². The summed E-state index contributed by atoms with van der Waals surface area (Å²) in [4.78, 5) is 4.18. The molecule has 2 aliphatic rings. The maximum Gasteiger partial charge on any atom is 0.0425 e. The molecular formula is C7H11N. The monoisotopic (exact) mass is 109 g/mol. The first-order chi connectivity index (χ1) is 3.73. The molecule has 2 rings (SSSR count). The van der Waals surface area contributed by atoms with Crippen LogP contribution in [-0.4, -0.2) is 12.8 Å². The number of hydrogen-bond donors (Lipinski definition) is 0. The minimum atomic E-state index is 0.613. The summed E-state index contributed by atoms with van der Waals surface area (Å²) < 4.78 is 0. The van der Waals surface area contributed by atoms with E-state index in [2.05, 4.69) is 25.1 Å². The van der Waals surface area contributed by atoms with E-state index in [0.717, 1.165) is 18.4 Å². The Morgan fingerprint density at radius 2 is 2.38 bits per heavy atom. The molecule has 0 aromatic heterocycles. The Morgan fingerprint density at radius 3 is 2.62 bits per heavy atom. The zero-order chi connectivity index (χ0) is 5.78. The SMILES string of the molecule is CC1(C)[C@@H]2C=NC[C@@H]21. The van der Waals surface area contributed by atoms with Gasteiger partial charge < -0.3 is 0 Å². The van der Waals surface area contributed by atoms with Crippen LogP contribution in [-0.2, 0) is 0 Å². The van der Waals surface area contributed by atoms with Gasteiger partial charge in [0, 0.05) is 18.7 Å². The van der Waals surface area contributed by atoms with E-state index in [1.54, 1.807) is 0 Å². The third-order valence-electron chi connectivity index (χ3n) is 2.71. The lowest BCUT2D eigenvalue weighted by Crippen LogP contribution is -1.96. The van der Waals surface area contributed by atoms with Crippen molar-refractivity contribution < 1.29 is 0 Å².